The standard InChI is InChI=1S/C32H30O4/c1-3-31(25-17-9-5-10-18-25,29(33)35-27-21-13-7-14-22-27)32(4-2,26-19-11-6-12-20-26)30(34)36-28-23-15-8-16-24-28/h5-24H,3-4H2,1-2H3/t31-,32+. The summed E-state index contributed by atoms with van der Waals surface area (Å²) in [5.41, 5.74) is -1.34. The van der Waals surface area contributed by atoms with Crippen molar-refractivity contribution < 1.29 is 19.1 Å². The predicted octanol–water partition coefficient (Wildman–Crippen LogP) is 6.89. The fourth-order valence-corrected chi connectivity index (χ4v) is 5.19. The first-order valence-electron chi connectivity index (χ1n) is 12.2. The molecule has 0 aliphatic carbocycles. The zero-order valence-electron chi connectivity index (χ0n) is 20.6. The Morgan fingerprint density at radius 2 is 0.778 bits per heavy atom. The quantitative estimate of drug-likeness (QED) is 0.194. The van der Waals surface area contributed by atoms with E-state index in [9.17, 15) is 9.59 Å². The Labute approximate surface area is 212 Å². The van der Waals surface area contributed by atoms with Crippen LogP contribution in [0.5, 0.6) is 11.5 Å². The molecule has 0 amide bonds. The molecule has 4 rings (SSSR count). The van der Waals surface area contributed by atoms with Gasteiger partial charge in [-0.3, -0.25) is 9.59 Å². The molecule has 0 unspecified atom stereocenters. The molecule has 0 saturated heterocycles. The Morgan fingerprint density at radius 1 is 0.500 bits per heavy atom. The molecule has 0 aliphatic rings. The summed E-state index contributed by atoms with van der Waals surface area (Å²) in [5, 5.41) is 0. The average molecular weight is 479 g/mol. The summed E-state index contributed by atoms with van der Waals surface area (Å²) >= 11 is 0. The molecule has 0 heterocycles. The SMILES string of the molecule is CC[C@](C(=O)Oc1ccccc1)(c1ccccc1)[C@](CC)(C(=O)Oc1ccccc1)c1ccccc1. The van der Waals surface area contributed by atoms with Crippen molar-refractivity contribution in [2.24, 2.45) is 0 Å². The Kier molecular flexibility index (Phi) is 7.65. The van der Waals surface area contributed by atoms with Crippen LogP contribution in [0.15, 0.2) is 121 Å². The maximum absolute atomic E-state index is 14.4. The third kappa shape index (κ3) is 4.42. The lowest BCUT2D eigenvalue weighted by Gasteiger charge is -2.46. The maximum Gasteiger partial charge on any atom is 0.323 e. The molecule has 0 saturated carbocycles. The molecule has 4 nitrogen and oxygen atoms in total. The first-order valence-corrected chi connectivity index (χ1v) is 12.2. The van der Waals surface area contributed by atoms with E-state index in [0.717, 1.165) is 0 Å². The first kappa shape index (κ1) is 24.9. The predicted molar refractivity (Wildman–Crippen MR) is 141 cm³/mol. The van der Waals surface area contributed by atoms with Gasteiger partial charge in [0.25, 0.3) is 0 Å². The van der Waals surface area contributed by atoms with E-state index in [1.807, 2.05) is 111 Å². The molecule has 182 valence electrons. The van der Waals surface area contributed by atoms with Gasteiger partial charge in [0.2, 0.25) is 0 Å². The van der Waals surface area contributed by atoms with Gasteiger partial charge in [0, 0.05) is 0 Å². The number of benzene rings is 4. The summed E-state index contributed by atoms with van der Waals surface area (Å²) in [5.74, 6) is -0.160. The summed E-state index contributed by atoms with van der Waals surface area (Å²) in [6.45, 7) is 3.84. The number of para-hydroxylation sites is 2. The van der Waals surface area contributed by atoms with Gasteiger partial charge in [-0.2, -0.15) is 0 Å². The lowest BCUT2D eigenvalue weighted by atomic mass is 9.54. The van der Waals surface area contributed by atoms with Crippen molar-refractivity contribution in [2.75, 3.05) is 0 Å². The zero-order valence-corrected chi connectivity index (χ0v) is 20.6. The lowest BCUT2D eigenvalue weighted by molar-refractivity contribution is -0.156. The fraction of sp³-hybridized carbons (Fsp3) is 0.188. The van der Waals surface area contributed by atoms with Gasteiger partial charge in [-0.25, -0.2) is 0 Å². The highest BCUT2D eigenvalue weighted by Gasteiger charge is 2.63. The van der Waals surface area contributed by atoms with Gasteiger partial charge in [0.05, 0.1) is 0 Å². The van der Waals surface area contributed by atoms with Crippen LogP contribution in [-0.4, -0.2) is 11.9 Å². The number of hydrogen-bond acceptors (Lipinski definition) is 4. The molecule has 0 aliphatic heterocycles. The van der Waals surface area contributed by atoms with Crippen molar-refractivity contribution >= 4 is 11.9 Å². The van der Waals surface area contributed by atoms with Crippen molar-refractivity contribution in [3.63, 3.8) is 0 Å². The van der Waals surface area contributed by atoms with Crippen LogP contribution >= 0.6 is 0 Å². The second kappa shape index (κ2) is 11.0. The molecule has 4 aromatic rings. The molecule has 0 N–H and O–H groups in total. The molecule has 4 aromatic carbocycles. The van der Waals surface area contributed by atoms with Gasteiger partial charge in [-0.15, -0.1) is 0 Å². The van der Waals surface area contributed by atoms with Crippen LogP contribution in [0.25, 0.3) is 0 Å². The van der Waals surface area contributed by atoms with Crippen LogP contribution in [-0.2, 0) is 20.4 Å². The third-order valence-corrected chi connectivity index (χ3v) is 6.93. The van der Waals surface area contributed by atoms with E-state index in [1.165, 1.54) is 0 Å². The van der Waals surface area contributed by atoms with Crippen molar-refractivity contribution in [1.29, 1.82) is 0 Å². The van der Waals surface area contributed by atoms with E-state index >= 15 is 0 Å². The van der Waals surface area contributed by atoms with Crippen molar-refractivity contribution in [3.05, 3.63) is 132 Å². The highest BCUT2D eigenvalue weighted by molar-refractivity contribution is 5.98. The highest BCUT2D eigenvalue weighted by Crippen LogP contribution is 2.51. The molecule has 36 heavy (non-hydrogen) atoms. The third-order valence-electron chi connectivity index (χ3n) is 6.93. The monoisotopic (exact) mass is 478 g/mol. The van der Waals surface area contributed by atoms with Crippen LogP contribution in [0, 0.1) is 0 Å². The van der Waals surface area contributed by atoms with E-state index in [-0.39, 0.29) is 0 Å². The summed E-state index contributed by atoms with van der Waals surface area (Å²) in [4.78, 5) is 28.7. The molecule has 4 heteroatoms. The van der Waals surface area contributed by atoms with E-state index in [4.69, 9.17) is 9.47 Å². The molecular formula is C32H30O4. The average Bonchev–Trinajstić information content (AvgIpc) is 2.93. The van der Waals surface area contributed by atoms with Crippen LogP contribution in [0.2, 0.25) is 0 Å². The minimum atomic E-state index is -1.37. The minimum absolute atomic E-state index is 0.315. The number of esters is 2. The van der Waals surface area contributed by atoms with Gasteiger partial charge in [0.15, 0.2) is 0 Å². The fourth-order valence-electron chi connectivity index (χ4n) is 5.19. The van der Waals surface area contributed by atoms with Crippen LogP contribution < -0.4 is 9.47 Å². The largest absolute Gasteiger partial charge is 0.426 e. The summed E-state index contributed by atoms with van der Waals surface area (Å²) in [6.07, 6.45) is 0.630. The van der Waals surface area contributed by atoms with Crippen LogP contribution in [0.1, 0.15) is 37.8 Å². The number of ether oxygens (including phenoxy) is 2. The number of rotatable bonds is 9. The maximum atomic E-state index is 14.4. The van der Waals surface area contributed by atoms with E-state index in [1.54, 1.807) is 24.3 Å². The van der Waals surface area contributed by atoms with Crippen molar-refractivity contribution in [2.45, 2.75) is 37.5 Å². The molecule has 0 aromatic heterocycles. The minimum Gasteiger partial charge on any atom is -0.426 e. The van der Waals surface area contributed by atoms with Crippen LogP contribution in [0.3, 0.4) is 0 Å². The second-order valence-corrected chi connectivity index (χ2v) is 8.65. The Morgan fingerprint density at radius 3 is 1.06 bits per heavy atom. The van der Waals surface area contributed by atoms with Gasteiger partial charge in [-0.1, -0.05) is 111 Å². The topological polar surface area (TPSA) is 52.6 Å². The summed E-state index contributed by atoms with van der Waals surface area (Å²) in [6, 6.07) is 36.8. The smallest absolute Gasteiger partial charge is 0.323 e. The van der Waals surface area contributed by atoms with Crippen LogP contribution in [0.4, 0.5) is 0 Å². The number of hydrogen-bond donors (Lipinski definition) is 0. The van der Waals surface area contributed by atoms with Gasteiger partial charge >= 0.3 is 11.9 Å². The number of carbonyl (C=O) groups is 2. The van der Waals surface area contributed by atoms with Crippen molar-refractivity contribution in [1.82, 2.24) is 0 Å². The summed E-state index contributed by atoms with van der Waals surface area (Å²) in [7, 11) is 0. The van der Waals surface area contributed by atoms with Crippen molar-refractivity contribution in [3.8, 4) is 11.5 Å². The Balaban J connectivity index is 1.98. The molecule has 0 bridgehead atoms. The Bertz CT molecular complexity index is 1170. The van der Waals surface area contributed by atoms with Gasteiger partial charge in [0.1, 0.15) is 22.3 Å². The van der Waals surface area contributed by atoms with Gasteiger partial charge in [-0.05, 0) is 48.2 Å². The first-order chi connectivity index (χ1) is 17.6. The Hall–Kier alpha value is -4.18. The highest BCUT2D eigenvalue weighted by atomic mass is 16.5. The second-order valence-electron chi connectivity index (χ2n) is 8.65. The number of carbonyl (C=O) groups excluding carboxylic acids is 2. The molecular weight excluding hydrogens is 448 g/mol. The summed E-state index contributed by atoms with van der Waals surface area (Å²) < 4.78 is 12.0. The molecule has 0 spiro atoms. The normalized spacial score (nSPS) is 14.2. The molecule has 2 atom stereocenters. The molecule has 0 fully saturated rings. The molecule has 0 radical (unpaired) electrons. The van der Waals surface area contributed by atoms with E-state index < -0.39 is 22.8 Å². The lowest BCUT2D eigenvalue weighted by Crippen LogP contribution is -2.60. The van der Waals surface area contributed by atoms with E-state index in [0.29, 0.717) is 35.5 Å². The zero-order chi connectivity index (χ0) is 25.4. The van der Waals surface area contributed by atoms with Gasteiger partial charge < -0.3 is 9.47 Å². The van der Waals surface area contributed by atoms with E-state index in [2.05, 4.69) is 0 Å².